The van der Waals surface area contributed by atoms with Gasteiger partial charge in [-0.25, -0.2) is 4.98 Å². The lowest BCUT2D eigenvalue weighted by Gasteiger charge is -2.32. The fourth-order valence-corrected chi connectivity index (χ4v) is 3.89. The van der Waals surface area contributed by atoms with E-state index < -0.39 is 5.95 Å². The van der Waals surface area contributed by atoms with E-state index in [-0.39, 0.29) is 0 Å². The third kappa shape index (κ3) is 3.80. The highest BCUT2D eigenvalue weighted by Crippen LogP contribution is 2.39. The molecule has 2 heteroatoms. The summed E-state index contributed by atoms with van der Waals surface area (Å²) in [6.45, 7) is 4.68. The lowest BCUT2D eigenvalue weighted by molar-refractivity contribution is 0.244. The Kier molecular flexibility index (Phi) is 5.09. The zero-order chi connectivity index (χ0) is 16.2. The zero-order valence-corrected chi connectivity index (χ0v) is 14.1. The normalized spacial score (nSPS) is 22.7. The van der Waals surface area contributed by atoms with E-state index in [1.54, 1.807) is 12.3 Å². The van der Waals surface area contributed by atoms with E-state index in [0.717, 1.165) is 23.0 Å². The van der Waals surface area contributed by atoms with E-state index in [1.165, 1.54) is 43.7 Å². The van der Waals surface area contributed by atoms with Gasteiger partial charge in [0.15, 0.2) is 0 Å². The monoisotopic (exact) mass is 311 g/mol. The van der Waals surface area contributed by atoms with Crippen LogP contribution >= 0.6 is 0 Å². The maximum absolute atomic E-state index is 12.9. The summed E-state index contributed by atoms with van der Waals surface area (Å²) in [5, 5.41) is 0. The standard InChI is InChI=1S/C21H26FN/c1-3-16-4-6-17(7-5-16)15(2)18-8-10-19(11-9-18)20-12-13-21(22)23-14-20/h8-17H,3-7H2,1-2H3. The molecule has 1 aromatic carbocycles. The predicted octanol–water partition coefficient (Wildman–Crippen LogP) is 6.21. The minimum atomic E-state index is -0.429. The van der Waals surface area contributed by atoms with Crippen LogP contribution in [0.4, 0.5) is 4.39 Å². The van der Waals surface area contributed by atoms with E-state index in [1.807, 2.05) is 0 Å². The second kappa shape index (κ2) is 7.25. The maximum Gasteiger partial charge on any atom is 0.212 e. The first-order valence-corrected chi connectivity index (χ1v) is 8.89. The van der Waals surface area contributed by atoms with Crippen LogP contribution in [-0.4, -0.2) is 4.98 Å². The molecule has 122 valence electrons. The van der Waals surface area contributed by atoms with Gasteiger partial charge in [0.05, 0.1) is 0 Å². The van der Waals surface area contributed by atoms with Crippen molar-refractivity contribution in [3.8, 4) is 11.1 Å². The molecule has 0 aliphatic heterocycles. The van der Waals surface area contributed by atoms with Gasteiger partial charge in [-0.05, 0) is 53.9 Å². The summed E-state index contributed by atoms with van der Waals surface area (Å²) in [7, 11) is 0. The number of rotatable bonds is 4. The van der Waals surface area contributed by atoms with Crippen molar-refractivity contribution in [3.05, 3.63) is 54.1 Å². The van der Waals surface area contributed by atoms with E-state index in [0.29, 0.717) is 5.92 Å². The summed E-state index contributed by atoms with van der Waals surface area (Å²) in [6.07, 6.45) is 8.45. The largest absolute Gasteiger partial charge is 0.228 e. The molecule has 0 saturated heterocycles. The SMILES string of the molecule is CCC1CCC(C(C)c2ccc(-c3ccc(F)nc3)cc2)CC1. The molecule has 0 amide bonds. The third-order valence-corrected chi connectivity index (χ3v) is 5.67. The summed E-state index contributed by atoms with van der Waals surface area (Å²) in [5.41, 5.74) is 3.49. The number of pyridine rings is 1. The molecule has 0 spiro atoms. The number of benzene rings is 1. The molecule has 1 heterocycles. The van der Waals surface area contributed by atoms with Crippen molar-refractivity contribution in [2.24, 2.45) is 11.8 Å². The predicted molar refractivity (Wildman–Crippen MR) is 93.8 cm³/mol. The highest BCUT2D eigenvalue weighted by atomic mass is 19.1. The van der Waals surface area contributed by atoms with Crippen molar-refractivity contribution < 1.29 is 4.39 Å². The van der Waals surface area contributed by atoms with Crippen LogP contribution < -0.4 is 0 Å². The van der Waals surface area contributed by atoms with Crippen molar-refractivity contribution in [2.45, 2.75) is 51.9 Å². The molecule has 0 radical (unpaired) electrons. The molecule has 2 aromatic rings. The van der Waals surface area contributed by atoms with Gasteiger partial charge in [0.2, 0.25) is 5.95 Å². The molecule has 1 unspecified atom stereocenters. The summed E-state index contributed by atoms with van der Waals surface area (Å²) in [4.78, 5) is 3.73. The summed E-state index contributed by atoms with van der Waals surface area (Å²) < 4.78 is 12.9. The second-order valence-electron chi connectivity index (χ2n) is 6.97. The number of halogens is 1. The van der Waals surface area contributed by atoms with Crippen LogP contribution in [0.15, 0.2) is 42.6 Å². The Morgan fingerprint density at radius 3 is 2.22 bits per heavy atom. The van der Waals surface area contributed by atoms with Crippen LogP contribution in [0.2, 0.25) is 0 Å². The Bertz CT molecular complexity index is 609. The van der Waals surface area contributed by atoms with E-state index in [4.69, 9.17) is 0 Å². The van der Waals surface area contributed by atoms with Gasteiger partial charge >= 0.3 is 0 Å². The molecular formula is C21H26FN. The molecule has 1 aromatic heterocycles. The molecule has 3 rings (SSSR count). The summed E-state index contributed by atoms with van der Waals surface area (Å²) >= 11 is 0. The Hall–Kier alpha value is -1.70. The molecule has 23 heavy (non-hydrogen) atoms. The highest BCUT2D eigenvalue weighted by Gasteiger charge is 2.25. The van der Waals surface area contributed by atoms with Gasteiger partial charge in [-0.2, -0.15) is 4.39 Å². The summed E-state index contributed by atoms with van der Waals surface area (Å²) in [6, 6.07) is 11.9. The van der Waals surface area contributed by atoms with Crippen LogP contribution in [-0.2, 0) is 0 Å². The van der Waals surface area contributed by atoms with Crippen molar-refractivity contribution in [3.63, 3.8) is 0 Å². The lowest BCUT2D eigenvalue weighted by Crippen LogP contribution is -2.18. The third-order valence-electron chi connectivity index (χ3n) is 5.67. The molecule has 1 saturated carbocycles. The van der Waals surface area contributed by atoms with Crippen LogP contribution in [0.1, 0.15) is 57.4 Å². The molecule has 1 aliphatic rings. The van der Waals surface area contributed by atoms with E-state index in [2.05, 4.69) is 43.1 Å². The van der Waals surface area contributed by atoms with Crippen LogP contribution in [0.25, 0.3) is 11.1 Å². The number of aromatic nitrogens is 1. The molecule has 1 nitrogen and oxygen atoms in total. The maximum atomic E-state index is 12.9. The van der Waals surface area contributed by atoms with Gasteiger partial charge in [0.25, 0.3) is 0 Å². The van der Waals surface area contributed by atoms with Crippen LogP contribution in [0.5, 0.6) is 0 Å². The molecule has 1 aliphatic carbocycles. The Morgan fingerprint density at radius 2 is 1.65 bits per heavy atom. The number of hydrogen-bond donors (Lipinski definition) is 0. The number of hydrogen-bond acceptors (Lipinski definition) is 1. The Labute approximate surface area is 139 Å². The first kappa shape index (κ1) is 16.2. The highest BCUT2D eigenvalue weighted by molar-refractivity contribution is 5.62. The van der Waals surface area contributed by atoms with Crippen molar-refractivity contribution >= 4 is 0 Å². The van der Waals surface area contributed by atoms with Gasteiger partial charge in [-0.1, -0.05) is 57.4 Å². The van der Waals surface area contributed by atoms with Gasteiger partial charge in [0.1, 0.15) is 0 Å². The second-order valence-corrected chi connectivity index (χ2v) is 6.97. The first-order chi connectivity index (χ1) is 11.2. The lowest BCUT2D eigenvalue weighted by atomic mass is 9.73. The minimum Gasteiger partial charge on any atom is -0.228 e. The van der Waals surface area contributed by atoms with Crippen molar-refractivity contribution in [2.75, 3.05) is 0 Å². The van der Waals surface area contributed by atoms with Gasteiger partial charge in [0, 0.05) is 11.8 Å². The van der Waals surface area contributed by atoms with E-state index >= 15 is 0 Å². The minimum absolute atomic E-state index is 0.429. The molecule has 0 N–H and O–H groups in total. The van der Waals surface area contributed by atoms with Crippen LogP contribution in [0, 0.1) is 17.8 Å². The van der Waals surface area contributed by atoms with Crippen molar-refractivity contribution in [1.29, 1.82) is 0 Å². The summed E-state index contributed by atoms with van der Waals surface area (Å²) in [5.74, 6) is 1.96. The molecule has 0 bridgehead atoms. The zero-order valence-electron chi connectivity index (χ0n) is 14.1. The topological polar surface area (TPSA) is 12.9 Å². The fourth-order valence-electron chi connectivity index (χ4n) is 3.89. The Morgan fingerprint density at radius 1 is 1.00 bits per heavy atom. The van der Waals surface area contributed by atoms with Gasteiger partial charge in [-0.15, -0.1) is 0 Å². The number of nitrogens with zero attached hydrogens (tertiary/aromatic N) is 1. The molecule has 1 fully saturated rings. The van der Waals surface area contributed by atoms with Gasteiger partial charge < -0.3 is 0 Å². The molecule has 1 atom stereocenters. The quantitative estimate of drug-likeness (QED) is 0.612. The van der Waals surface area contributed by atoms with E-state index in [9.17, 15) is 4.39 Å². The van der Waals surface area contributed by atoms with Gasteiger partial charge in [-0.3, -0.25) is 0 Å². The van der Waals surface area contributed by atoms with Crippen molar-refractivity contribution in [1.82, 2.24) is 4.98 Å². The fraction of sp³-hybridized carbons (Fsp3) is 0.476. The Balaban J connectivity index is 1.68. The smallest absolute Gasteiger partial charge is 0.212 e. The molecular weight excluding hydrogens is 285 g/mol. The average Bonchev–Trinajstić information content (AvgIpc) is 2.62. The first-order valence-electron chi connectivity index (χ1n) is 8.89. The van der Waals surface area contributed by atoms with Crippen LogP contribution in [0.3, 0.4) is 0 Å². The average molecular weight is 311 g/mol.